The highest BCUT2D eigenvalue weighted by Gasteiger charge is 2.11. The van der Waals surface area contributed by atoms with Gasteiger partial charge in [-0.05, 0) is 38.5 Å². The molecule has 0 aliphatic rings. The summed E-state index contributed by atoms with van der Waals surface area (Å²) in [6.45, 7) is 5.53. The molecule has 2 amide bonds. The molecular weight excluding hydrogens is 280 g/mol. The standard InChI is InChI=1S/C16H22N4O2/c1-11(10-21)18-16(22)19-12(2)14-4-6-15(7-5-14)20-9-8-17-13(20)3/h4-9,11-12,21H,10H2,1-3H3,(H2,18,19,22). The lowest BCUT2D eigenvalue weighted by atomic mass is 10.1. The van der Waals surface area contributed by atoms with Gasteiger partial charge in [-0.1, -0.05) is 12.1 Å². The average molecular weight is 302 g/mol. The Balaban J connectivity index is 2.01. The molecule has 2 aromatic rings. The lowest BCUT2D eigenvalue weighted by Gasteiger charge is -2.17. The van der Waals surface area contributed by atoms with Crippen molar-refractivity contribution in [2.45, 2.75) is 32.9 Å². The topological polar surface area (TPSA) is 79.2 Å². The molecule has 1 aromatic heterocycles. The zero-order chi connectivity index (χ0) is 16.1. The minimum atomic E-state index is -0.288. The third-order valence-corrected chi connectivity index (χ3v) is 3.50. The van der Waals surface area contributed by atoms with Crippen LogP contribution < -0.4 is 10.6 Å². The van der Waals surface area contributed by atoms with Crippen LogP contribution in [0.5, 0.6) is 0 Å². The van der Waals surface area contributed by atoms with Crippen molar-refractivity contribution in [2.24, 2.45) is 0 Å². The Kier molecular flexibility index (Phi) is 5.16. The van der Waals surface area contributed by atoms with Crippen molar-refractivity contribution < 1.29 is 9.90 Å². The van der Waals surface area contributed by atoms with Crippen molar-refractivity contribution in [3.8, 4) is 5.69 Å². The van der Waals surface area contributed by atoms with Crippen LogP contribution in [0.4, 0.5) is 4.79 Å². The third-order valence-electron chi connectivity index (χ3n) is 3.50. The molecule has 1 aromatic carbocycles. The van der Waals surface area contributed by atoms with E-state index in [1.807, 2.05) is 48.9 Å². The monoisotopic (exact) mass is 302 g/mol. The molecule has 0 fully saturated rings. The molecule has 0 spiro atoms. The molecule has 0 radical (unpaired) electrons. The Morgan fingerprint density at radius 2 is 1.95 bits per heavy atom. The van der Waals surface area contributed by atoms with E-state index < -0.39 is 0 Å². The van der Waals surface area contributed by atoms with Crippen LogP contribution in [0.25, 0.3) is 5.69 Å². The molecule has 22 heavy (non-hydrogen) atoms. The first kappa shape index (κ1) is 16.0. The Morgan fingerprint density at radius 1 is 1.27 bits per heavy atom. The van der Waals surface area contributed by atoms with E-state index in [1.165, 1.54) is 0 Å². The number of nitrogens with zero attached hydrogens (tertiary/aromatic N) is 2. The van der Waals surface area contributed by atoms with E-state index in [-0.39, 0.29) is 24.7 Å². The summed E-state index contributed by atoms with van der Waals surface area (Å²) >= 11 is 0. The quantitative estimate of drug-likeness (QED) is 0.789. The normalized spacial score (nSPS) is 13.5. The number of hydrogen-bond donors (Lipinski definition) is 3. The molecule has 6 nitrogen and oxygen atoms in total. The number of benzene rings is 1. The van der Waals surface area contributed by atoms with E-state index in [2.05, 4.69) is 15.6 Å². The first-order chi connectivity index (χ1) is 10.5. The Hall–Kier alpha value is -2.34. The molecule has 2 unspecified atom stereocenters. The van der Waals surface area contributed by atoms with Crippen molar-refractivity contribution in [1.82, 2.24) is 20.2 Å². The van der Waals surface area contributed by atoms with Gasteiger partial charge < -0.3 is 20.3 Å². The van der Waals surface area contributed by atoms with E-state index in [1.54, 1.807) is 13.1 Å². The van der Waals surface area contributed by atoms with Gasteiger partial charge in [0.1, 0.15) is 5.82 Å². The first-order valence-corrected chi connectivity index (χ1v) is 7.29. The van der Waals surface area contributed by atoms with Gasteiger partial charge in [0.05, 0.1) is 18.7 Å². The highest BCUT2D eigenvalue weighted by Crippen LogP contribution is 2.16. The van der Waals surface area contributed by atoms with E-state index in [9.17, 15) is 4.79 Å². The largest absolute Gasteiger partial charge is 0.394 e. The molecule has 0 aliphatic heterocycles. The summed E-state index contributed by atoms with van der Waals surface area (Å²) in [6, 6.07) is 7.28. The maximum absolute atomic E-state index is 11.7. The molecule has 0 aliphatic carbocycles. The van der Waals surface area contributed by atoms with Gasteiger partial charge in [-0.2, -0.15) is 0 Å². The van der Waals surface area contributed by atoms with Crippen molar-refractivity contribution in [3.63, 3.8) is 0 Å². The molecule has 0 bridgehead atoms. The molecular formula is C16H22N4O2. The van der Waals surface area contributed by atoms with Gasteiger partial charge >= 0.3 is 6.03 Å². The molecule has 0 saturated carbocycles. The van der Waals surface area contributed by atoms with Crippen LogP contribution in [-0.2, 0) is 0 Å². The van der Waals surface area contributed by atoms with E-state index in [4.69, 9.17) is 5.11 Å². The van der Waals surface area contributed by atoms with Crippen LogP contribution in [-0.4, -0.2) is 33.3 Å². The fraction of sp³-hybridized carbons (Fsp3) is 0.375. The molecule has 3 N–H and O–H groups in total. The third kappa shape index (κ3) is 3.85. The van der Waals surface area contributed by atoms with E-state index in [0.717, 1.165) is 17.1 Å². The zero-order valence-electron chi connectivity index (χ0n) is 13.1. The van der Waals surface area contributed by atoms with Crippen LogP contribution in [0.3, 0.4) is 0 Å². The summed E-state index contributed by atoms with van der Waals surface area (Å²) in [5.74, 6) is 0.927. The Labute approximate surface area is 130 Å². The van der Waals surface area contributed by atoms with Crippen molar-refractivity contribution in [1.29, 1.82) is 0 Å². The predicted molar refractivity (Wildman–Crippen MR) is 84.9 cm³/mol. The molecule has 1 heterocycles. The summed E-state index contributed by atoms with van der Waals surface area (Å²) in [4.78, 5) is 16.0. The predicted octanol–water partition coefficient (Wildman–Crippen LogP) is 1.92. The first-order valence-electron chi connectivity index (χ1n) is 7.29. The number of rotatable bonds is 5. The Morgan fingerprint density at radius 3 is 2.50 bits per heavy atom. The van der Waals surface area contributed by atoms with Crippen LogP contribution in [0.1, 0.15) is 31.3 Å². The van der Waals surface area contributed by atoms with Gasteiger partial charge in [0, 0.05) is 18.1 Å². The van der Waals surface area contributed by atoms with E-state index >= 15 is 0 Å². The minimum Gasteiger partial charge on any atom is -0.394 e. The smallest absolute Gasteiger partial charge is 0.315 e. The van der Waals surface area contributed by atoms with Crippen LogP contribution in [0, 0.1) is 6.92 Å². The number of aryl methyl sites for hydroxylation is 1. The maximum atomic E-state index is 11.7. The molecule has 2 atom stereocenters. The van der Waals surface area contributed by atoms with Crippen molar-refractivity contribution in [2.75, 3.05) is 6.61 Å². The van der Waals surface area contributed by atoms with Gasteiger partial charge in [-0.3, -0.25) is 0 Å². The van der Waals surface area contributed by atoms with Crippen molar-refractivity contribution in [3.05, 3.63) is 48.0 Å². The van der Waals surface area contributed by atoms with Gasteiger partial charge in [-0.25, -0.2) is 9.78 Å². The Bertz CT molecular complexity index is 621. The maximum Gasteiger partial charge on any atom is 0.315 e. The van der Waals surface area contributed by atoms with Gasteiger partial charge in [0.15, 0.2) is 0 Å². The number of aliphatic hydroxyl groups excluding tert-OH is 1. The second-order valence-electron chi connectivity index (χ2n) is 5.36. The number of amides is 2. The number of imidazole rings is 1. The summed E-state index contributed by atoms with van der Waals surface area (Å²) < 4.78 is 2.00. The lowest BCUT2D eigenvalue weighted by molar-refractivity contribution is 0.218. The molecule has 2 rings (SSSR count). The lowest BCUT2D eigenvalue weighted by Crippen LogP contribution is -2.43. The highest BCUT2D eigenvalue weighted by molar-refractivity contribution is 5.74. The summed E-state index contributed by atoms with van der Waals surface area (Å²) in [5.41, 5.74) is 2.04. The van der Waals surface area contributed by atoms with Gasteiger partial charge in [0.2, 0.25) is 0 Å². The summed E-state index contributed by atoms with van der Waals surface area (Å²) in [5, 5.41) is 14.4. The van der Waals surface area contributed by atoms with Crippen LogP contribution in [0.15, 0.2) is 36.7 Å². The molecule has 118 valence electrons. The molecule has 0 saturated heterocycles. The number of nitrogens with one attached hydrogen (secondary N) is 2. The average Bonchev–Trinajstić information content (AvgIpc) is 2.93. The zero-order valence-corrected chi connectivity index (χ0v) is 13.1. The van der Waals surface area contributed by atoms with Crippen molar-refractivity contribution >= 4 is 6.03 Å². The number of hydrogen-bond acceptors (Lipinski definition) is 3. The number of aromatic nitrogens is 2. The summed E-state index contributed by atoms with van der Waals surface area (Å²) in [6.07, 6.45) is 3.68. The summed E-state index contributed by atoms with van der Waals surface area (Å²) in [7, 11) is 0. The molecule has 6 heteroatoms. The second kappa shape index (κ2) is 7.09. The fourth-order valence-electron chi connectivity index (χ4n) is 2.17. The fourth-order valence-corrected chi connectivity index (χ4v) is 2.17. The highest BCUT2D eigenvalue weighted by atomic mass is 16.3. The van der Waals surface area contributed by atoms with Crippen LogP contribution >= 0.6 is 0 Å². The number of urea groups is 1. The SMILES string of the molecule is Cc1nccn1-c1ccc(C(C)NC(=O)NC(C)CO)cc1. The number of aliphatic hydroxyl groups is 1. The second-order valence-corrected chi connectivity index (χ2v) is 5.36. The minimum absolute atomic E-state index is 0.0826. The van der Waals surface area contributed by atoms with Gasteiger partial charge in [0.25, 0.3) is 0 Å². The number of carbonyl (C=O) groups is 1. The van der Waals surface area contributed by atoms with Crippen LogP contribution in [0.2, 0.25) is 0 Å². The van der Waals surface area contributed by atoms with E-state index in [0.29, 0.717) is 0 Å². The number of carbonyl (C=O) groups excluding carboxylic acids is 1. The van der Waals surface area contributed by atoms with Gasteiger partial charge in [-0.15, -0.1) is 0 Å².